The van der Waals surface area contributed by atoms with E-state index >= 15 is 0 Å². The van der Waals surface area contributed by atoms with Crippen LogP contribution in [-0.2, 0) is 9.59 Å². The second kappa shape index (κ2) is 7.00. The molecule has 0 unspecified atom stereocenters. The Labute approximate surface area is 142 Å². The molecule has 0 radical (unpaired) electrons. The van der Waals surface area contributed by atoms with Crippen molar-refractivity contribution in [2.24, 2.45) is 0 Å². The molecule has 8 nitrogen and oxygen atoms in total. The fourth-order valence-corrected chi connectivity index (χ4v) is 2.54. The molecule has 1 aromatic carbocycles. The summed E-state index contributed by atoms with van der Waals surface area (Å²) in [5, 5.41) is 13.2. The van der Waals surface area contributed by atoms with Crippen LogP contribution in [0.25, 0.3) is 6.08 Å². The number of nitro groups is 1. The molecule has 2 heterocycles. The molecule has 0 bridgehead atoms. The highest BCUT2D eigenvalue weighted by molar-refractivity contribution is 6.02. The molecule has 1 aromatic heterocycles. The van der Waals surface area contributed by atoms with Crippen LogP contribution in [0.5, 0.6) is 0 Å². The molecule has 0 aliphatic carbocycles. The van der Waals surface area contributed by atoms with Crippen molar-refractivity contribution in [1.29, 1.82) is 0 Å². The van der Waals surface area contributed by atoms with Gasteiger partial charge in [-0.2, -0.15) is 0 Å². The second-order valence-corrected chi connectivity index (χ2v) is 5.45. The van der Waals surface area contributed by atoms with Gasteiger partial charge < -0.3 is 14.6 Å². The number of furan rings is 1. The first-order chi connectivity index (χ1) is 12.0. The van der Waals surface area contributed by atoms with Crippen LogP contribution in [0.3, 0.4) is 0 Å². The Morgan fingerprint density at radius 3 is 2.84 bits per heavy atom. The number of hydrogen-bond acceptors (Lipinski definition) is 5. The maximum absolute atomic E-state index is 12.0. The second-order valence-electron chi connectivity index (χ2n) is 5.45. The van der Waals surface area contributed by atoms with E-state index in [2.05, 4.69) is 5.32 Å². The van der Waals surface area contributed by atoms with Crippen LogP contribution in [0.1, 0.15) is 18.6 Å². The van der Waals surface area contributed by atoms with Crippen molar-refractivity contribution < 1.29 is 18.9 Å². The van der Waals surface area contributed by atoms with Gasteiger partial charge in [0.15, 0.2) is 0 Å². The lowest BCUT2D eigenvalue weighted by Crippen LogP contribution is -2.23. The summed E-state index contributed by atoms with van der Waals surface area (Å²) < 4.78 is 4.93. The number of carbonyl (C=O) groups is 2. The van der Waals surface area contributed by atoms with E-state index in [1.54, 1.807) is 23.1 Å². The molecule has 0 atom stereocenters. The topological polar surface area (TPSA) is 106 Å². The first kappa shape index (κ1) is 16.4. The maximum atomic E-state index is 12.0. The van der Waals surface area contributed by atoms with Crippen LogP contribution in [-0.4, -0.2) is 23.3 Å². The molecule has 3 rings (SSSR count). The summed E-state index contributed by atoms with van der Waals surface area (Å²) in [6.07, 6.45) is 3.93. The third-order valence-corrected chi connectivity index (χ3v) is 3.69. The van der Waals surface area contributed by atoms with Crippen molar-refractivity contribution in [3.63, 3.8) is 0 Å². The minimum Gasteiger partial charge on any atom is -0.401 e. The monoisotopic (exact) mass is 341 g/mol. The molecular weight excluding hydrogens is 326 g/mol. The predicted molar refractivity (Wildman–Crippen MR) is 91.1 cm³/mol. The van der Waals surface area contributed by atoms with Gasteiger partial charge in [-0.3, -0.25) is 19.7 Å². The van der Waals surface area contributed by atoms with Crippen LogP contribution in [0.2, 0.25) is 0 Å². The number of rotatable bonds is 5. The summed E-state index contributed by atoms with van der Waals surface area (Å²) in [5.74, 6) is -0.520. The molecule has 25 heavy (non-hydrogen) atoms. The van der Waals surface area contributed by atoms with Crippen molar-refractivity contribution in [3.8, 4) is 0 Å². The highest BCUT2D eigenvalue weighted by Gasteiger charge is 2.21. The minimum absolute atomic E-state index is 0.0720. The van der Waals surface area contributed by atoms with E-state index in [0.29, 0.717) is 18.7 Å². The molecule has 128 valence electrons. The van der Waals surface area contributed by atoms with Crippen molar-refractivity contribution in [2.45, 2.75) is 12.8 Å². The number of hydrogen-bond donors (Lipinski definition) is 1. The van der Waals surface area contributed by atoms with Gasteiger partial charge in [-0.25, -0.2) is 0 Å². The third kappa shape index (κ3) is 3.92. The summed E-state index contributed by atoms with van der Waals surface area (Å²) in [7, 11) is 0. The van der Waals surface area contributed by atoms with Crippen molar-refractivity contribution in [2.75, 3.05) is 16.8 Å². The van der Waals surface area contributed by atoms with Crippen LogP contribution in [0.4, 0.5) is 17.3 Å². The maximum Gasteiger partial charge on any atom is 0.433 e. The van der Waals surface area contributed by atoms with Gasteiger partial charge in [0, 0.05) is 30.4 Å². The number of carbonyl (C=O) groups excluding carboxylic acids is 2. The Kier molecular flexibility index (Phi) is 4.60. The number of nitrogens with one attached hydrogen (secondary N) is 1. The summed E-state index contributed by atoms with van der Waals surface area (Å²) in [6.45, 7) is 0.674. The lowest BCUT2D eigenvalue weighted by atomic mass is 10.2. The van der Waals surface area contributed by atoms with E-state index in [4.69, 9.17) is 4.42 Å². The molecule has 2 aromatic rings. The quantitative estimate of drug-likeness (QED) is 0.511. The zero-order valence-electron chi connectivity index (χ0n) is 13.2. The number of benzene rings is 1. The van der Waals surface area contributed by atoms with Crippen molar-refractivity contribution in [3.05, 3.63) is 58.3 Å². The van der Waals surface area contributed by atoms with Gasteiger partial charge in [0.2, 0.25) is 11.8 Å². The molecule has 1 aliphatic heterocycles. The molecule has 0 spiro atoms. The molecule has 1 saturated heterocycles. The molecule has 1 aliphatic rings. The van der Waals surface area contributed by atoms with E-state index in [0.717, 1.165) is 12.1 Å². The number of anilines is 2. The fraction of sp³-hybridized carbons (Fsp3) is 0.176. The fourth-order valence-electron chi connectivity index (χ4n) is 2.54. The average molecular weight is 341 g/mol. The van der Waals surface area contributed by atoms with Crippen molar-refractivity contribution >= 4 is 35.1 Å². The van der Waals surface area contributed by atoms with Crippen LogP contribution < -0.4 is 10.2 Å². The van der Waals surface area contributed by atoms with Gasteiger partial charge >= 0.3 is 5.88 Å². The summed E-state index contributed by atoms with van der Waals surface area (Å²) in [4.78, 5) is 35.3. The minimum atomic E-state index is -0.650. The Balaban J connectivity index is 1.65. The first-order valence-electron chi connectivity index (χ1n) is 7.66. The lowest BCUT2D eigenvalue weighted by Gasteiger charge is -2.16. The molecule has 1 N–H and O–H groups in total. The van der Waals surface area contributed by atoms with Gasteiger partial charge in [0.25, 0.3) is 0 Å². The van der Waals surface area contributed by atoms with Crippen LogP contribution in [0.15, 0.2) is 46.9 Å². The Bertz CT molecular complexity index is 855. The molecule has 0 saturated carbocycles. The van der Waals surface area contributed by atoms with Crippen molar-refractivity contribution in [1.82, 2.24) is 0 Å². The molecule has 8 heteroatoms. The summed E-state index contributed by atoms with van der Waals surface area (Å²) in [6, 6.07) is 9.64. The highest BCUT2D eigenvalue weighted by atomic mass is 16.6. The zero-order chi connectivity index (χ0) is 17.8. The van der Waals surface area contributed by atoms with E-state index in [9.17, 15) is 19.7 Å². The van der Waals surface area contributed by atoms with Gasteiger partial charge in [0.05, 0.1) is 6.07 Å². The van der Waals surface area contributed by atoms with E-state index < -0.39 is 10.8 Å². The zero-order valence-corrected chi connectivity index (χ0v) is 13.2. The lowest BCUT2D eigenvalue weighted by molar-refractivity contribution is -0.402. The Hall–Kier alpha value is -3.42. The van der Waals surface area contributed by atoms with Gasteiger partial charge in [-0.05, 0) is 36.8 Å². The number of nitrogens with zero attached hydrogens (tertiary/aromatic N) is 2. The van der Waals surface area contributed by atoms with Gasteiger partial charge in [-0.15, -0.1) is 0 Å². The summed E-state index contributed by atoms with van der Waals surface area (Å²) >= 11 is 0. The molecular formula is C17H15N3O5. The average Bonchev–Trinajstić information content (AvgIpc) is 3.22. The van der Waals surface area contributed by atoms with Crippen LogP contribution in [0, 0.1) is 10.1 Å². The molecule has 2 amide bonds. The standard InChI is InChI=1S/C17H15N3O5/c21-15(8-6-14-7-9-17(25-14)20(23)24)18-12-3-1-4-13(11-12)19-10-2-5-16(19)22/h1,3-4,6-9,11H,2,5,10H2,(H,18,21)/b8-6+. The SMILES string of the molecule is O=C(/C=C/c1ccc([N+](=O)[O-])o1)Nc1cccc(N2CCCC2=O)c1. The van der Waals surface area contributed by atoms with Gasteiger partial charge in [0.1, 0.15) is 10.7 Å². The number of amides is 2. The molecule has 1 fully saturated rings. The van der Waals surface area contributed by atoms with Crippen LogP contribution >= 0.6 is 0 Å². The smallest absolute Gasteiger partial charge is 0.401 e. The third-order valence-electron chi connectivity index (χ3n) is 3.69. The normalized spacial score (nSPS) is 14.2. The Morgan fingerprint density at radius 2 is 2.16 bits per heavy atom. The van der Waals surface area contributed by atoms with E-state index in [1.807, 2.05) is 6.07 Å². The van der Waals surface area contributed by atoms with E-state index in [-0.39, 0.29) is 17.6 Å². The predicted octanol–water partition coefficient (Wildman–Crippen LogP) is 2.97. The van der Waals surface area contributed by atoms with E-state index in [1.165, 1.54) is 24.3 Å². The largest absolute Gasteiger partial charge is 0.433 e. The first-order valence-corrected chi connectivity index (χ1v) is 7.66. The Morgan fingerprint density at radius 1 is 1.32 bits per heavy atom. The van der Waals surface area contributed by atoms with Gasteiger partial charge in [-0.1, -0.05) is 6.07 Å². The highest BCUT2D eigenvalue weighted by Crippen LogP contribution is 2.24. The summed E-state index contributed by atoms with van der Waals surface area (Å²) in [5.41, 5.74) is 1.29.